The fourth-order valence-electron chi connectivity index (χ4n) is 3.52. The minimum atomic E-state index is -4.92. The second-order valence-electron chi connectivity index (χ2n) is 7.70. The molecule has 0 unspecified atom stereocenters. The third kappa shape index (κ3) is 3.94. The second kappa shape index (κ2) is 7.72. The maximum Gasteiger partial charge on any atom is 0.421 e. The van der Waals surface area contributed by atoms with Gasteiger partial charge in [0.25, 0.3) is 0 Å². The van der Waals surface area contributed by atoms with Gasteiger partial charge in [-0.2, -0.15) is 13.2 Å². The molecule has 166 valence electrons. The summed E-state index contributed by atoms with van der Waals surface area (Å²) in [5.41, 5.74) is -3.62. The molecule has 3 aromatic heterocycles. The van der Waals surface area contributed by atoms with Crippen molar-refractivity contribution in [3.8, 4) is 11.4 Å². The van der Waals surface area contributed by atoms with Gasteiger partial charge in [0, 0.05) is 30.4 Å². The van der Waals surface area contributed by atoms with Gasteiger partial charge in [-0.3, -0.25) is 4.40 Å². The van der Waals surface area contributed by atoms with Gasteiger partial charge in [-0.15, -0.1) is 0 Å². The summed E-state index contributed by atoms with van der Waals surface area (Å²) in [7, 11) is 0. The predicted octanol–water partition coefficient (Wildman–Crippen LogP) is 3.61. The average Bonchev–Trinajstić information content (AvgIpc) is 3.13. The average molecular weight is 441 g/mol. The Hall–Kier alpha value is -2.79. The van der Waals surface area contributed by atoms with E-state index in [9.17, 15) is 27.1 Å². The van der Waals surface area contributed by atoms with Gasteiger partial charge in [-0.25, -0.2) is 18.7 Å². The lowest BCUT2D eigenvalue weighted by atomic mass is 9.97. The van der Waals surface area contributed by atoms with Crippen molar-refractivity contribution in [1.82, 2.24) is 19.7 Å². The summed E-state index contributed by atoms with van der Waals surface area (Å²) in [5.74, 6) is -2.01. The molecule has 3 aromatic rings. The van der Waals surface area contributed by atoms with E-state index in [4.69, 9.17) is 0 Å². The molecule has 0 saturated carbocycles. The molecule has 0 radical (unpaired) electrons. The number of aromatic nitrogens is 3. The SMILES string of the molecule is C[C@@](O)(c1ccc2ncc(-c3nc(N[C@@H]4CCCNC4)c(F)cc3F)n2c1)C(F)(F)F. The van der Waals surface area contributed by atoms with Crippen LogP contribution in [0.25, 0.3) is 17.0 Å². The smallest absolute Gasteiger partial charge is 0.376 e. The van der Waals surface area contributed by atoms with Crippen LogP contribution in [0.5, 0.6) is 0 Å². The summed E-state index contributed by atoms with van der Waals surface area (Å²) >= 11 is 0. The zero-order valence-electron chi connectivity index (χ0n) is 16.5. The van der Waals surface area contributed by atoms with E-state index < -0.39 is 29.0 Å². The van der Waals surface area contributed by atoms with Gasteiger partial charge >= 0.3 is 6.18 Å². The van der Waals surface area contributed by atoms with Crippen LogP contribution in [0.15, 0.2) is 30.6 Å². The number of rotatable bonds is 4. The summed E-state index contributed by atoms with van der Waals surface area (Å²) in [5, 5.41) is 16.1. The summed E-state index contributed by atoms with van der Waals surface area (Å²) in [6, 6.07) is 2.95. The largest absolute Gasteiger partial charge is 0.421 e. The van der Waals surface area contributed by atoms with E-state index in [1.54, 1.807) is 0 Å². The number of hydrogen-bond acceptors (Lipinski definition) is 5. The first-order valence-electron chi connectivity index (χ1n) is 9.68. The molecular weight excluding hydrogens is 421 g/mol. The van der Waals surface area contributed by atoms with Gasteiger partial charge in [0.05, 0.1) is 11.9 Å². The topological polar surface area (TPSA) is 74.5 Å². The zero-order valence-corrected chi connectivity index (χ0v) is 16.5. The van der Waals surface area contributed by atoms with E-state index in [1.165, 1.54) is 16.7 Å². The van der Waals surface area contributed by atoms with Crippen LogP contribution in [0, 0.1) is 11.6 Å². The Morgan fingerprint density at radius 1 is 1.23 bits per heavy atom. The van der Waals surface area contributed by atoms with E-state index in [0.717, 1.165) is 31.6 Å². The van der Waals surface area contributed by atoms with Crippen molar-refractivity contribution < 1.29 is 27.1 Å². The standard InChI is InChI=1S/C20H20F5N5O/c1-19(31,20(23,24)25)11-4-5-16-27-9-15(30(16)10-11)17-13(21)7-14(22)18(29-17)28-12-3-2-6-26-8-12/h4-5,7,9-10,12,26,31H,2-3,6,8H2,1H3,(H,28,29)/t12-,19-/m1/s1. The summed E-state index contributed by atoms with van der Waals surface area (Å²) < 4.78 is 69.9. The highest BCUT2D eigenvalue weighted by molar-refractivity contribution is 5.63. The number of nitrogens with zero attached hydrogens (tertiary/aromatic N) is 3. The van der Waals surface area contributed by atoms with Crippen molar-refractivity contribution in [1.29, 1.82) is 0 Å². The van der Waals surface area contributed by atoms with Crippen LogP contribution < -0.4 is 10.6 Å². The molecule has 0 spiro atoms. The molecule has 31 heavy (non-hydrogen) atoms. The minimum Gasteiger partial charge on any atom is -0.376 e. The number of fused-ring (bicyclic) bond motifs is 1. The van der Waals surface area contributed by atoms with E-state index in [1.807, 2.05) is 0 Å². The molecule has 0 aromatic carbocycles. The van der Waals surface area contributed by atoms with Crippen molar-refractivity contribution in [2.45, 2.75) is 37.6 Å². The van der Waals surface area contributed by atoms with Crippen LogP contribution in [-0.2, 0) is 5.60 Å². The molecule has 0 aliphatic carbocycles. The molecule has 4 rings (SSSR count). The number of pyridine rings is 2. The number of nitrogens with one attached hydrogen (secondary N) is 2. The van der Waals surface area contributed by atoms with Crippen molar-refractivity contribution in [3.05, 3.63) is 47.8 Å². The Morgan fingerprint density at radius 3 is 2.68 bits per heavy atom. The summed E-state index contributed by atoms with van der Waals surface area (Å²) in [6.45, 7) is 2.08. The van der Waals surface area contributed by atoms with E-state index in [0.29, 0.717) is 19.5 Å². The molecule has 1 saturated heterocycles. The van der Waals surface area contributed by atoms with Gasteiger partial charge in [0.15, 0.2) is 23.1 Å². The van der Waals surface area contributed by atoms with Crippen molar-refractivity contribution in [2.75, 3.05) is 18.4 Å². The summed E-state index contributed by atoms with van der Waals surface area (Å²) in [6.07, 6.45) is -0.995. The quantitative estimate of drug-likeness (QED) is 0.540. The van der Waals surface area contributed by atoms with E-state index >= 15 is 0 Å². The van der Waals surface area contributed by atoms with Crippen molar-refractivity contribution in [2.24, 2.45) is 0 Å². The predicted molar refractivity (Wildman–Crippen MR) is 103 cm³/mol. The highest BCUT2D eigenvalue weighted by Crippen LogP contribution is 2.39. The van der Waals surface area contributed by atoms with E-state index in [-0.39, 0.29) is 28.9 Å². The molecule has 1 aliphatic rings. The number of imidazole rings is 1. The number of piperidine rings is 1. The molecule has 4 heterocycles. The highest BCUT2D eigenvalue weighted by atomic mass is 19.4. The van der Waals surface area contributed by atoms with Gasteiger partial charge in [0.1, 0.15) is 11.3 Å². The molecule has 0 amide bonds. The van der Waals surface area contributed by atoms with E-state index in [2.05, 4.69) is 20.6 Å². The zero-order chi connectivity index (χ0) is 22.4. The maximum atomic E-state index is 14.6. The first-order valence-corrected chi connectivity index (χ1v) is 9.68. The van der Waals surface area contributed by atoms with Crippen molar-refractivity contribution in [3.63, 3.8) is 0 Å². The normalized spacial score (nSPS) is 19.4. The Bertz CT molecular complexity index is 1110. The fraction of sp³-hybridized carbons (Fsp3) is 0.400. The lowest BCUT2D eigenvalue weighted by molar-refractivity contribution is -0.259. The third-order valence-corrected chi connectivity index (χ3v) is 5.43. The molecule has 0 bridgehead atoms. The lowest BCUT2D eigenvalue weighted by Gasteiger charge is -2.26. The van der Waals surface area contributed by atoms with Gasteiger partial charge in [0.2, 0.25) is 0 Å². The molecule has 11 heteroatoms. The molecule has 1 fully saturated rings. The fourth-order valence-corrected chi connectivity index (χ4v) is 3.52. The van der Waals surface area contributed by atoms with Crippen LogP contribution in [0.1, 0.15) is 25.3 Å². The number of alkyl halides is 3. The first kappa shape index (κ1) is 21.4. The monoisotopic (exact) mass is 441 g/mol. The van der Waals surface area contributed by atoms with Crippen LogP contribution >= 0.6 is 0 Å². The third-order valence-electron chi connectivity index (χ3n) is 5.43. The van der Waals surface area contributed by atoms with Crippen LogP contribution in [0.4, 0.5) is 27.8 Å². The van der Waals surface area contributed by atoms with Crippen molar-refractivity contribution >= 4 is 11.5 Å². The highest BCUT2D eigenvalue weighted by Gasteiger charge is 2.51. The molecule has 2 atom stereocenters. The molecule has 1 aliphatic heterocycles. The number of halogens is 5. The van der Waals surface area contributed by atoms with Crippen LogP contribution in [0.2, 0.25) is 0 Å². The number of anilines is 1. The minimum absolute atomic E-state index is 0.0251. The Morgan fingerprint density at radius 2 is 2.00 bits per heavy atom. The first-order chi connectivity index (χ1) is 14.6. The Labute approximate surface area is 174 Å². The van der Waals surface area contributed by atoms with Gasteiger partial charge in [-0.05, 0) is 32.4 Å². The Balaban J connectivity index is 1.77. The Kier molecular flexibility index (Phi) is 5.34. The molecule has 6 nitrogen and oxygen atoms in total. The lowest BCUT2D eigenvalue weighted by Crippen LogP contribution is -2.39. The summed E-state index contributed by atoms with van der Waals surface area (Å²) in [4.78, 5) is 8.12. The van der Waals surface area contributed by atoms with Gasteiger partial charge < -0.3 is 15.7 Å². The molecular formula is C20H20F5N5O. The number of hydrogen-bond donors (Lipinski definition) is 3. The van der Waals surface area contributed by atoms with Crippen LogP contribution in [-0.4, -0.2) is 44.8 Å². The van der Waals surface area contributed by atoms with Gasteiger partial charge in [-0.1, -0.05) is 6.07 Å². The number of aliphatic hydroxyl groups is 1. The maximum absolute atomic E-state index is 14.6. The van der Waals surface area contributed by atoms with Crippen LogP contribution in [0.3, 0.4) is 0 Å². The molecule has 3 N–H and O–H groups in total. The second-order valence-corrected chi connectivity index (χ2v) is 7.70.